The minimum atomic E-state index is 0.306. The molecule has 0 aromatic rings. The first-order valence-electron chi connectivity index (χ1n) is 4.29. The van der Waals surface area contributed by atoms with Gasteiger partial charge in [-0.05, 0) is 13.8 Å². The van der Waals surface area contributed by atoms with Gasteiger partial charge in [0.05, 0.1) is 0 Å². The van der Waals surface area contributed by atoms with Crippen LogP contribution in [0.15, 0.2) is 0 Å². The molecule has 0 heterocycles. The van der Waals surface area contributed by atoms with Gasteiger partial charge in [0.1, 0.15) is 0 Å². The Morgan fingerprint density at radius 1 is 1.00 bits per heavy atom. The molecular formula is C9H21Cl. The van der Waals surface area contributed by atoms with Gasteiger partial charge in [-0.1, -0.05) is 39.5 Å². The van der Waals surface area contributed by atoms with Gasteiger partial charge >= 0.3 is 0 Å². The van der Waals surface area contributed by atoms with E-state index in [9.17, 15) is 0 Å². The van der Waals surface area contributed by atoms with Gasteiger partial charge in [-0.3, -0.25) is 0 Å². The normalized spacial score (nSPS) is 9.00. The maximum Gasteiger partial charge on any atom is 0.0279 e. The van der Waals surface area contributed by atoms with Crippen molar-refractivity contribution in [3.05, 3.63) is 0 Å². The lowest BCUT2D eigenvalue weighted by Crippen LogP contribution is -1.70. The second-order valence-corrected chi connectivity index (χ2v) is 3.59. The Bertz CT molecular complexity index is 35.2. The molecule has 0 atom stereocenters. The first kappa shape index (κ1) is 12.9. The fourth-order valence-corrected chi connectivity index (χ4v) is 0.500. The predicted molar refractivity (Wildman–Crippen MR) is 50.8 cm³/mol. The van der Waals surface area contributed by atoms with E-state index in [0.717, 1.165) is 0 Å². The van der Waals surface area contributed by atoms with Crippen LogP contribution in [0, 0.1) is 0 Å². The number of rotatable bonds is 3. The summed E-state index contributed by atoms with van der Waals surface area (Å²) in [5.74, 6) is 0. The average Bonchev–Trinajstić information content (AvgIpc) is 1.82. The van der Waals surface area contributed by atoms with Crippen LogP contribution in [-0.2, 0) is 0 Å². The highest BCUT2D eigenvalue weighted by atomic mass is 35.5. The zero-order valence-corrected chi connectivity index (χ0v) is 8.54. The van der Waals surface area contributed by atoms with Crippen molar-refractivity contribution in [2.75, 3.05) is 0 Å². The Balaban J connectivity index is 0. The summed E-state index contributed by atoms with van der Waals surface area (Å²) in [6, 6.07) is 0. The minimum absolute atomic E-state index is 0.306. The number of halogens is 1. The van der Waals surface area contributed by atoms with Gasteiger partial charge in [0.2, 0.25) is 0 Å². The largest absolute Gasteiger partial charge is 0.124 e. The third kappa shape index (κ3) is 40.7. The summed E-state index contributed by atoms with van der Waals surface area (Å²) in [6.07, 6.45) is 5.54. The number of unbranched alkanes of at least 4 members (excludes halogenated alkanes) is 3. The molecule has 0 nitrogen and oxygen atoms in total. The first-order valence-corrected chi connectivity index (χ1v) is 4.72. The average molecular weight is 165 g/mol. The van der Waals surface area contributed by atoms with Gasteiger partial charge in [0.25, 0.3) is 0 Å². The molecule has 0 aliphatic heterocycles. The third-order valence-corrected chi connectivity index (χ3v) is 0.957. The summed E-state index contributed by atoms with van der Waals surface area (Å²) in [7, 11) is 0. The Kier molecular flexibility index (Phi) is 15.5. The monoisotopic (exact) mass is 164 g/mol. The number of hydrogen-bond acceptors (Lipinski definition) is 0. The lowest BCUT2D eigenvalue weighted by molar-refractivity contribution is 0.702. The summed E-state index contributed by atoms with van der Waals surface area (Å²) >= 11 is 5.27. The van der Waals surface area contributed by atoms with E-state index in [4.69, 9.17) is 11.6 Å². The molecule has 0 aliphatic rings. The second kappa shape index (κ2) is 12.0. The maximum absolute atomic E-state index is 5.27. The van der Waals surface area contributed by atoms with Crippen LogP contribution in [0.25, 0.3) is 0 Å². The maximum atomic E-state index is 5.27. The van der Waals surface area contributed by atoms with Crippen molar-refractivity contribution in [1.29, 1.82) is 0 Å². The van der Waals surface area contributed by atoms with Crippen molar-refractivity contribution in [1.82, 2.24) is 0 Å². The molecule has 0 saturated heterocycles. The van der Waals surface area contributed by atoms with Gasteiger partial charge in [-0.2, -0.15) is 0 Å². The van der Waals surface area contributed by atoms with Gasteiger partial charge in [-0.15, -0.1) is 11.6 Å². The molecule has 10 heavy (non-hydrogen) atoms. The van der Waals surface area contributed by atoms with Crippen LogP contribution in [0.3, 0.4) is 0 Å². The molecule has 1 heteroatoms. The zero-order chi connectivity index (χ0) is 8.41. The van der Waals surface area contributed by atoms with E-state index in [-0.39, 0.29) is 0 Å². The van der Waals surface area contributed by atoms with E-state index < -0.39 is 0 Å². The topological polar surface area (TPSA) is 0 Å². The van der Waals surface area contributed by atoms with Crippen molar-refractivity contribution < 1.29 is 0 Å². The van der Waals surface area contributed by atoms with Crippen LogP contribution in [0.1, 0.15) is 53.4 Å². The van der Waals surface area contributed by atoms with E-state index in [1.807, 2.05) is 13.8 Å². The summed E-state index contributed by atoms with van der Waals surface area (Å²) in [6.45, 7) is 8.33. The van der Waals surface area contributed by atoms with Crippen LogP contribution < -0.4 is 0 Å². The standard InChI is InChI=1S/C6H14.C3H7Cl/c1-3-5-6-4-2;1-3(2)4/h3-6H2,1-2H3;3H,1-2H3. The molecule has 0 radical (unpaired) electrons. The fraction of sp³-hybridized carbons (Fsp3) is 1.00. The van der Waals surface area contributed by atoms with E-state index >= 15 is 0 Å². The highest BCUT2D eigenvalue weighted by molar-refractivity contribution is 6.20. The molecule has 0 spiro atoms. The van der Waals surface area contributed by atoms with Gasteiger partial charge in [-0.25, -0.2) is 0 Å². The van der Waals surface area contributed by atoms with Crippen LogP contribution in [0.2, 0.25) is 0 Å². The lowest BCUT2D eigenvalue weighted by atomic mass is 10.2. The quantitative estimate of drug-likeness (QED) is 0.433. The van der Waals surface area contributed by atoms with Crippen LogP contribution in [0.4, 0.5) is 0 Å². The molecule has 0 unspecified atom stereocenters. The molecule has 0 bridgehead atoms. The molecule has 0 fully saturated rings. The van der Waals surface area contributed by atoms with E-state index in [1.54, 1.807) is 0 Å². The molecule has 0 aliphatic carbocycles. The van der Waals surface area contributed by atoms with Crippen molar-refractivity contribution in [2.24, 2.45) is 0 Å². The lowest BCUT2D eigenvalue weighted by Gasteiger charge is -1.86. The highest BCUT2D eigenvalue weighted by Crippen LogP contribution is 1.95. The highest BCUT2D eigenvalue weighted by Gasteiger charge is 1.75. The first-order chi connectivity index (χ1) is 4.65. The fourth-order valence-electron chi connectivity index (χ4n) is 0.500. The van der Waals surface area contributed by atoms with Crippen LogP contribution in [0.5, 0.6) is 0 Å². The van der Waals surface area contributed by atoms with Gasteiger partial charge < -0.3 is 0 Å². The second-order valence-electron chi connectivity index (χ2n) is 2.72. The van der Waals surface area contributed by atoms with Crippen LogP contribution in [-0.4, -0.2) is 5.38 Å². The molecule has 0 rings (SSSR count). The van der Waals surface area contributed by atoms with Crippen LogP contribution >= 0.6 is 11.6 Å². The van der Waals surface area contributed by atoms with Crippen molar-refractivity contribution in [3.8, 4) is 0 Å². The minimum Gasteiger partial charge on any atom is -0.124 e. The summed E-state index contributed by atoms with van der Waals surface area (Å²) in [5, 5.41) is 0.306. The summed E-state index contributed by atoms with van der Waals surface area (Å²) in [4.78, 5) is 0. The number of hydrogen-bond donors (Lipinski definition) is 0. The summed E-state index contributed by atoms with van der Waals surface area (Å²) < 4.78 is 0. The molecule has 0 saturated carbocycles. The van der Waals surface area contributed by atoms with E-state index in [2.05, 4.69) is 13.8 Å². The Morgan fingerprint density at radius 3 is 1.30 bits per heavy atom. The number of alkyl halides is 1. The SMILES string of the molecule is CC(C)Cl.CCCCCC. The molecule has 0 amide bonds. The van der Waals surface area contributed by atoms with E-state index in [1.165, 1.54) is 25.7 Å². The van der Waals surface area contributed by atoms with Gasteiger partial charge in [0, 0.05) is 5.38 Å². The molecule has 64 valence electrons. The third-order valence-electron chi connectivity index (χ3n) is 0.957. The zero-order valence-electron chi connectivity index (χ0n) is 7.78. The predicted octanol–water partition coefficient (Wildman–Crippen LogP) is 4.22. The van der Waals surface area contributed by atoms with E-state index in [0.29, 0.717) is 5.38 Å². The Labute approximate surface area is 71.0 Å². The Hall–Kier alpha value is 0.290. The van der Waals surface area contributed by atoms with Gasteiger partial charge in [0.15, 0.2) is 0 Å². The van der Waals surface area contributed by atoms with Crippen molar-refractivity contribution in [3.63, 3.8) is 0 Å². The van der Waals surface area contributed by atoms with Crippen molar-refractivity contribution in [2.45, 2.75) is 58.8 Å². The molecule has 0 aromatic carbocycles. The molecule has 0 aromatic heterocycles. The summed E-state index contributed by atoms with van der Waals surface area (Å²) in [5.41, 5.74) is 0. The van der Waals surface area contributed by atoms with Crippen molar-refractivity contribution >= 4 is 11.6 Å². The smallest absolute Gasteiger partial charge is 0.0279 e. The molecular weight excluding hydrogens is 144 g/mol. The molecule has 0 N–H and O–H groups in total. The Morgan fingerprint density at radius 2 is 1.20 bits per heavy atom.